The van der Waals surface area contributed by atoms with E-state index in [0.717, 1.165) is 31.9 Å². The van der Waals surface area contributed by atoms with Gasteiger partial charge in [0.15, 0.2) is 0 Å². The van der Waals surface area contributed by atoms with E-state index in [1.807, 2.05) is 11.8 Å². The fraction of sp³-hybridized carbons (Fsp3) is 0.769. The maximum absolute atomic E-state index is 5.84. The molecule has 3 rings (SSSR count). The Balaban J connectivity index is 1.71. The second-order valence-corrected chi connectivity index (χ2v) is 6.62. The third kappa shape index (κ3) is 3.45. The molecule has 0 radical (unpaired) electrons. The summed E-state index contributed by atoms with van der Waals surface area (Å²) in [6.45, 7) is 2.03. The summed E-state index contributed by atoms with van der Waals surface area (Å²) in [5.41, 5.74) is 5.84. The van der Waals surface area contributed by atoms with Gasteiger partial charge in [0.25, 0.3) is 0 Å². The Morgan fingerprint density at radius 3 is 2.55 bits per heavy atom. The Labute approximate surface area is 124 Å². The maximum atomic E-state index is 5.84. The van der Waals surface area contributed by atoms with E-state index < -0.39 is 0 Å². The van der Waals surface area contributed by atoms with Gasteiger partial charge in [-0.15, -0.1) is 0 Å². The van der Waals surface area contributed by atoms with Crippen LogP contribution in [0.5, 0.6) is 0 Å². The highest BCUT2D eigenvalue weighted by molar-refractivity contribution is 7.99. The Kier molecular flexibility index (Phi) is 4.44. The lowest BCUT2D eigenvalue weighted by Crippen LogP contribution is -2.32. The van der Waals surface area contributed by atoms with Crippen LogP contribution in [0, 0.1) is 0 Å². The minimum Gasteiger partial charge on any atom is -0.368 e. The number of hydrogen-bond donors (Lipinski definition) is 2. The Morgan fingerprint density at radius 1 is 1.05 bits per heavy atom. The molecule has 2 saturated heterocycles. The number of rotatable bonds is 3. The topological polar surface area (TPSA) is 80.0 Å². The van der Waals surface area contributed by atoms with Gasteiger partial charge in [0.05, 0.1) is 0 Å². The van der Waals surface area contributed by atoms with E-state index in [4.69, 9.17) is 5.73 Å². The molecule has 2 fully saturated rings. The zero-order valence-electron chi connectivity index (χ0n) is 11.7. The number of nitrogen functional groups attached to an aromatic ring is 1. The molecule has 7 heteroatoms. The van der Waals surface area contributed by atoms with Crippen molar-refractivity contribution in [1.82, 2.24) is 15.0 Å². The van der Waals surface area contributed by atoms with Crippen LogP contribution in [-0.2, 0) is 0 Å². The lowest BCUT2D eigenvalue weighted by molar-refractivity contribution is 0.567. The maximum Gasteiger partial charge on any atom is 0.231 e. The molecule has 0 bridgehead atoms. The predicted octanol–water partition coefficient (Wildman–Crippen LogP) is 1.75. The number of nitrogens with one attached hydrogen (secondary N) is 1. The molecule has 0 aliphatic carbocycles. The van der Waals surface area contributed by atoms with Gasteiger partial charge in [0, 0.05) is 19.1 Å². The molecule has 0 aromatic carbocycles. The number of nitrogens with two attached hydrogens (primary N) is 1. The zero-order valence-corrected chi connectivity index (χ0v) is 12.5. The van der Waals surface area contributed by atoms with Gasteiger partial charge in [0.1, 0.15) is 0 Å². The van der Waals surface area contributed by atoms with Crippen LogP contribution in [0.15, 0.2) is 0 Å². The largest absolute Gasteiger partial charge is 0.368 e. The van der Waals surface area contributed by atoms with Gasteiger partial charge in [-0.1, -0.05) is 0 Å². The fourth-order valence-corrected chi connectivity index (χ4v) is 3.81. The predicted molar refractivity (Wildman–Crippen MR) is 84.3 cm³/mol. The van der Waals surface area contributed by atoms with Crippen LogP contribution in [0.4, 0.5) is 17.8 Å². The van der Waals surface area contributed by atoms with E-state index >= 15 is 0 Å². The van der Waals surface area contributed by atoms with Crippen molar-refractivity contribution in [2.24, 2.45) is 0 Å². The van der Waals surface area contributed by atoms with Gasteiger partial charge in [-0.3, -0.25) is 0 Å². The first-order chi connectivity index (χ1) is 9.81. The molecule has 3 heterocycles. The van der Waals surface area contributed by atoms with Crippen molar-refractivity contribution in [3.05, 3.63) is 0 Å². The second kappa shape index (κ2) is 6.47. The first-order valence-corrected chi connectivity index (χ1v) is 8.57. The van der Waals surface area contributed by atoms with Crippen LogP contribution in [0.25, 0.3) is 0 Å². The third-order valence-electron chi connectivity index (χ3n) is 3.83. The molecule has 0 atom stereocenters. The van der Waals surface area contributed by atoms with Crippen LogP contribution < -0.4 is 16.0 Å². The summed E-state index contributed by atoms with van der Waals surface area (Å²) in [5, 5.41) is 3.42. The summed E-state index contributed by atoms with van der Waals surface area (Å²) < 4.78 is 0. The normalized spacial score (nSPS) is 20.9. The van der Waals surface area contributed by atoms with E-state index in [-0.39, 0.29) is 0 Å². The van der Waals surface area contributed by atoms with E-state index in [2.05, 4.69) is 25.2 Å². The molecule has 1 aromatic rings. The van der Waals surface area contributed by atoms with Crippen LogP contribution in [0.1, 0.15) is 32.1 Å². The van der Waals surface area contributed by atoms with Crippen molar-refractivity contribution in [2.75, 3.05) is 40.5 Å². The fourth-order valence-electron chi connectivity index (χ4n) is 2.71. The van der Waals surface area contributed by atoms with Gasteiger partial charge in [0.2, 0.25) is 17.8 Å². The van der Waals surface area contributed by atoms with E-state index in [1.165, 1.54) is 30.8 Å². The summed E-state index contributed by atoms with van der Waals surface area (Å²) in [5.74, 6) is 4.09. The number of hydrogen-bond acceptors (Lipinski definition) is 7. The van der Waals surface area contributed by atoms with Gasteiger partial charge >= 0.3 is 0 Å². The summed E-state index contributed by atoms with van der Waals surface area (Å²) in [7, 11) is 0. The molecular formula is C13H22N6S. The average molecular weight is 294 g/mol. The lowest BCUT2D eigenvalue weighted by atomic mass is 10.1. The van der Waals surface area contributed by atoms with Gasteiger partial charge < -0.3 is 16.0 Å². The Bertz CT molecular complexity index is 442. The van der Waals surface area contributed by atoms with Crippen LogP contribution in [0.3, 0.4) is 0 Å². The molecular weight excluding hydrogens is 272 g/mol. The number of aromatic nitrogens is 3. The third-order valence-corrected chi connectivity index (χ3v) is 4.88. The summed E-state index contributed by atoms with van der Waals surface area (Å²) >= 11 is 2.01. The van der Waals surface area contributed by atoms with Crippen molar-refractivity contribution < 1.29 is 0 Å². The number of anilines is 3. The highest BCUT2D eigenvalue weighted by Gasteiger charge is 2.18. The standard InChI is InChI=1S/C13H22N6S/c14-11-16-12(15-10-4-8-20-9-5-10)18-13(17-11)19-6-2-1-3-7-19/h10H,1-9H2,(H3,14,15,16,17,18). The number of thioether (sulfide) groups is 1. The van der Waals surface area contributed by atoms with E-state index in [9.17, 15) is 0 Å². The summed E-state index contributed by atoms with van der Waals surface area (Å²) in [4.78, 5) is 15.3. The number of piperidine rings is 1. The molecule has 6 nitrogen and oxygen atoms in total. The van der Waals surface area contributed by atoms with Crippen molar-refractivity contribution in [2.45, 2.75) is 38.1 Å². The van der Waals surface area contributed by atoms with Gasteiger partial charge in [-0.05, 0) is 43.6 Å². The van der Waals surface area contributed by atoms with E-state index in [1.54, 1.807) is 0 Å². The SMILES string of the molecule is Nc1nc(NC2CCSCC2)nc(N2CCCCC2)n1. The molecule has 2 aliphatic heterocycles. The highest BCUT2D eigenvalue weighted by atomic mass is 32.2. The van der Waals surface area contributed by atoms with Crippen LogP contribution in [-0.4, -0.2) is 45.6 Å². The highest BCUT2D eigenvalue weighted by Crippen LogP contribution is 2.21. The Hall–Kier alpha value is -1.24. The summed E-state index contributed by atoms with van der Waals surface area (Å²) in [6, 6.07) is 0.465. The molecule has 110 valence electrons. The van der Waals surface area contributed by atoms with Crippen LogP contribution in [0.2, 0.25) is 0 Å². The summed E-state index contributed by atoms with van der Waals surface area (Å²) in [6.07, 6.45) is 6.02. The number of nitrogens with zero attached hydrogens (tertiary/aromatic N) is 4. The van der Waals surface area contributed by atoms with Crippen molar-refractivity contribution in [1.29, 1.82) is 0 Å². The molecule has 3 N–H and O–H groups in total. The van der Waals surface area contributed by atoms with Crippen molar-refractivity contribution in [3.63, 3.8) is 0 Å². The molecule has 0 spiro atoms. The first-order valence-electron chi connectivity index (χ1n) is 7.42. The molecule has 1 aromatic heterocycles. The second-order valence-electron chi connectivity index (χ2n) is 5.40. The van der Waals surface area contributed by atoms with Crippen molar-refractivity contribution in [3.8, 4) is 0 Å². The molecule has 0 amide bonds. The molecule has 20 heavy (non-hydrogen) atoms. The van der Waals surface area contributed by atoms with Crippen LogP contribution >= 0.6 is 11.8 Å². The zero-order chi connectivity index (χ0) is 13.8. The van der Waals surface area contributed by atoms with Crippen molar-refractivity contribution >= 4 is 29.6 Å². The minimum atomic E-state index is 0.313. The minimum absolute atomic E-state index is 0.313. The quantitative estimate of drug-likeness (QED) is 0.879. The smallest absolute Gasteiger partial charge is 0.231 e. The first kappa shape index (κ1) is 13.7. The average Bonchev–Trinajstić information content (AvgIpc) is 2.49. The van der Waals surface area contributed by atoms with Gasteiger partial charge in [-0.25, -0.2) is 0 Å². The van der Waals surface area contributed by atoms with Gasteiger partial charge in [-0.2, -0.15) is 26.7 Å². The molecule has 2 aliphatic rings. The molecule has 0 unspecified atom stereocenters. The molecule has 0 saturated carbocycles. The van der Waals surface area contributed by atoms with E-state index in [0.29, 0.717) is 17.9 Å². The lowest BCUT2D eigenvalue weighted by Gasteiger charge is -2.27. The Morgan fingerprint density at radius 2 is 1.80 bits per heavy atom. The monoisotopic (exact) mass is 294 g/mol.